The van der Waals surface area contributed by atoms with E-state index in [-0.39, 0.29) is 0 Å². The maximum absolute atomic E-state index is 4.63. The van der Waals surface area contributed by atoms with Gasteiger partial charge in [-0.3, -0.25) is 0 Å². The quantitative estimate of drug-likeness (QED) is 0.333. The Morgan fingerprint density at radius 3 is 1.50 bits per heavy atom. The van der Waals surface area contributed by atoms with Gasteiger partial charge in [0.25, 0.3) is 0 Å². The van der Waals surface area contributed by atoms with E-state index in [2.05, 4.69) is 90.0 Å². The van der Waals surface area contributed by atoms with Crippen molar-refractivity contribution in [2.24, 2.45) is 4.99 Å². The first-order valence-electron chi connectivity index (χ1n) is 9.13. The van der Waals surface area contributed by atoms with Crippen LogP contribution in [0.5, 0.6) is 0 Å². The summed E-state index contributed by atoms with van der Waals surface area (Å²) in [6.07, 6.45) is 4.40. The highest BCUT2D eigenvalue weighted by molar-refractivity contribution is 7.78. The number of aliphatic imine (C=N–C) groups is 1. The molecule has 0 saturated carbocycles. The average Bonchev–Trinajstić information content (AvgIpc) is 2.69. The number of benzene rings is 3. The summed E-state index contributed by atoms with van der Waals surface area (Å²) in [5.41, 5.74) is 7.50. The second-order valence-electron chi connectivity index (χ2n) is 6.51. The van der Waals surface area contributed by atoms with E-state index in [4.69, 9.17) is 0 Å². The Balaban J connectivity index is 1.61. The lowest BCUT2D eigenvalue weighted by Gasteiger charge is -2.06. The fourth-order valence-electron chi connectivity index (χ4n) is 3.09. The largest absolute Gasteiger partial charge is 0.195 e. The van der Waals surface area contributed by atoms with Crippen molar-refractivity contribution in [2.45, 2.75) is 32.6 Å². The third-order valence-corrected chi connectivity index (χ3v) is 4.68. The van der Waals surface area contributed by atoms with E-state index >= 15 is 0 Å². The number of aryl methyl sites for hydroxylation is 3. The molecule has 26 heavy (non-hydrogen) atoms. The van der Waals surface area contributed by atoms with Gasteiger partial charge in [-0.25, -0.2) is 0 Å². The van der Waals surface area contributed by atoms with E-state index in [9.17, 15) is 0 Å². The van der Waals surface area contributed by atoms with Crippen LogP contribution in [-0.4, -0.2) is 5.16 Å². The van der Waals surface area contributed by atoms with E-state index in [0.29, 0.717) is 0 Å². The predicted octanol–water partition coefficient (Wildman–Crippen LogP) is 6.83. The molecule has 0 spiro atoms. The highest BCUT2D eigenvalue weighted by atomic mass is 32.1. The second kappa shape index (κ2) is 9.24. The first kappa shape index (κ1) is 18.3. The van der Waals surface area contributed by atoms with Gasteiger partial charge in [-0.05, 0) is 71.4 Å². The first-order valence-corrected chi connectivity index (χ1v) is 9.54. The highest BCUT2D eigenvalue weighted by Crippen LogP contribution is 2.21. The molecule has 0 unspecified atom stereocenters. The molecule has 0 radical (unpaired) electrons. The fourth-order valence-corrected chi connectivity index (χ4v) is 3.20. The van der Waals surface area contributed by atoms with Crippen LogP contribution in [0.3, 0.4) is 0 Å². The zero-order chi connectivity index (χ0) is 18.2. The van der Waals surface area contributed by atoms with Crippen molar-refractivity contribution in [2.75, 3.05) is 0 Å². The van der Waals surface area contributed by atoms with Gasteiger partial charge in [0.05, 0.1) is 10.8 Å². The smallest absolute Gasteiger partial charge is 0.0739 e. The van der Waals surface area contributed by atoms with Crippen molar-refractivity contribution in [3.8, 4) is 11.1 Å². The van der Waals surface area contributed by atoms with Gasteiger partial charge in [0.2, 0.25) is 0 Å². The monoisotopic (exact) mass is 357 g/mol. The Bertz CT molecular complexity index is 871. The second-order valence-corrected chi connectivity index (χ2v) is 6.70. The Kier molecular flexibility index (Phi) is 6.49. The lowest BCUT2D eigenvalue weighted by molar-refractivity contribution is 0.922. The van der Waals surface area contributed by atoms with Crippen LogP contribution in [0, 0.1) is 0 Å². The molecule has 0 heterocycles. The number of rotatable bonds is 7. The van der Waals surface area contributed by atoms with E-state index in [1.54, 1.807) is 0 Å². The molecule has 0 aromatic heterocycles. The maximum atomic E-state index is 4.63. The molecule has 3 rings (SSSR count). The van der Waals surface area contributed by atoms with Gasteiger partial charge in [-0.1, -0.05) is 74.0 Å². The minimum Gasteiger partial charge on any atom is -0.195 e. The number of hydrogen-bond donors (Lipinski definition) is 0. The summed E-state index contributed by atoms with van der Waals surface area (Å²) in [5.74, 6) is 0. The van der Waals surface area contributed by atoms with E-state index in [1.807, 2.05) is 12.1 Å². The van der Waals surface area contributed by atoms with Crippen LogP contribution < -0.4 is 0 Å². The van der Waals surface area contributed by atoms with Gasteiger partial charge in [-0.2, -0.15) is 4.99 Å². The third-order valence-electron chi connectivity index (χ3n) is 4.59. The van der Waals surface area contributed by atoms with Crippen LogP contribution in [0.2, 0.25) is 0 Å². The molecular weight excluding hydrogens is 334 g/mol. The Hall–Kier alpha value is -2.54. The average molecular weight is 358 g/mol. The molecule has 130 valence electrons. The molecule has 0 fully saturated rings. The molecule has 1 nitrogen and oxygen atoms in total. The van der Waals surface area contributed by atoms with Crippen LogP contribution >= 0.6 is 12.2 Å². The highest BCUT2D eigenvalue weighted by Gasteiger charge is 2.01. The number of hydrogen-bond acceptors (Lipinski definition) is 2. The standard InChI is InChI=1S/C24H23NS/c1-2-3-19-6-12-22(13-7-19)23-14-8-20(9-15-23)4-5-21-10-16-24(17-11-21)25-18-26/h6-17H,2-5H2,1H3. The molecule has 0 N–H and O–H groups in total. The molecule has 0 bridgehead atoms. The molecular formula is C24H23NS. The van der Waals surface area contributed by atoms with E-state index < -0.39 is 0 Å². The van der Waals surface area contributed by atoms with Crippen molar-refractivity contribution in [3.05, 3.63) is 89.5 Å². The summed E-state index contributed by atoms with van der Waals surface area (Å²) in [4.78, 5) is 3.98. The molecule has 3 aromatic carbocycles. The van der Waals surface area contributed by atoms with Crippen LogP contribution in [0.25, 0.3) is 11.1 Å². The van der Waals surface area contributed by atoms with Crippen molar-refractivity contribution in [1.29, 1.82) is 0 Å². The van der Waals surface area contributed by atoms with Crippen LogP contribution in [0.1, 0.15) is 30.0 Å². The molecule has 0 atom stereocenters. The zero-order valence-corrected chi connectivity index (χ0v) is 15.9. The normalized spacial score (nSPS) is 10.3. The summed E-state index contributed by atoms with van der Waals surface area (Å²) in [7, 11) is 0. The third kappa shape index (κ3) is 4.98. The van der Waals surface area contributed by atoms with Crippen molar-refractivity contribution >= 4 is 23.1 Å². The molecule has 0 aliphatic rings. The molecule has 0 saturated heterocycles. The fraction of sp³-hybridized carbons (Fsp3) is 0.208. The number of nitrogens with zero attached hydrogens (tertiary/aromatic N) is 1. The molecule has 2 heteroatoms. The van der Waals surface area contributed by atoms with E-state index in [1.165, 1.54) is 34.2 Å². The van der Waals surface area contributed by atoms with Crippen molar-refractivity contribution in [1.82, 2.24) is 0 Å². The van der Waals surface area contributed by atoms with Gasteiger partial charge in [0.15, 0.2) is 0 Å². The Labute approximate surface area is 161 Å². The first-order chi connectivity index (χ1) is 12.8. The minimum atomic E-state index is 0.859. The summed E-state index contributed by atoms with van der Waals surface area (Å²) in [6.45, 7) is 2.22. The number of thiocarbonyl (C=S) groups is 1. The Morgan fingerprint density at radius 1 is 0.654 bits per heavy atom. The van der Waals surface area contributed by atoms with Gasteiger partial charge in [-0.15, -0.1) is 0 Å². The van der Waals surface area contributed by atoms with E-state index in [0.717, 1.165) is 24.9 Å². The zero-order valence-electron chi connectivity index (χ0n) is 15.1. The van der Waals surface area contributed by atoms with Crippen LogP contribution in [-0.2, 0) is 19.3 Å². The van der Waals surface area contributed by atoms with Crippen LogP contribution in [0.15, 0.2) is 77.8 Å². The molecule has 0 aliphatic heterocycles. The summed E-state index contributed by atoms with van der Waals surface area (Å²) in [5, 5.41) is 2.40. The topological polar surface area (TPSA) is 12.4 Å². The summed E-state index contributed by atoms with van der Waals surface area (Å²) in [6, 6.07) is 26.0. The lowest BCUT2D eigenvalue weighted by atomic mass is 9.99. The van der Waals surface area contributed by atoms with Crippen molar-refractivity contribution < 1.29 is 0 Å². The lowest BCUT2D eigenvalue weighted by Crippen LogP contribution is -1.91. The Morgan fingerprint density at radius 2 is 1.08 bits per heavy atom. The maximum Gasteiger partial charge on any atom is 0.0739 e. The molecule has 0 amide bonds. The predicted molar refractivity (Wildman–Crippen MR) is 114 cm³/mol. The number of isothiocyanates is 1. The van der Waals surface area contributed by atoms with Gasteiger partial charge < -0.3 is 0 Å². The molecule has 0 aliphatic carbocycles. The molecule has 3 aromatic rings. The van der Waals surface area contributed by atoms with Gasteiger partial charge in [0, 0.05) is 0 Å². The summed E-state index contributed by atoms with van der Waals surface area (Å²) < 4.78 is 0. The van der Waals surface area contributed by atoms with Gasteiger partial charge in [0.1, 0.15) is 0 Å². The minimum absolute atomic E-state index is 0.859. The van der Waals surface area contributed by atoms with Crippen molar-refractivity contribution in [3.63, 3.8) is 0 Å². The van der Waals surface area contributed by atoms with Crippen LogP contribution in [0.4, 0.5) is 5.69 Å². The summed E-state index contributed by atoms with van der Waals surface area (Å²) >= 11 is 4.63. The SMILES string of the molecule is CCCc1ccc(-c2ccc(CCc3ccc(N=C=S)cc3)cc2)cc1. The van der Waals surface area contributed by atoms with Gasteiger partial charge >= 0.3 is 0 Å².